The number of hydrogen-bond acceptors (Lipinski definition) is 5. The Balaban J connectivity index is 1.79. The average Bonchev–Trinajstić information content (AvgIpc) is 2.69. The lowest BCUT2D eigenvalue weighted by atomic mass is 10.1. The number of ether oxygens (including phenoxy) is 1. The number of benzene rings is 2. The van der Waals surface area contributed by atoms with Gasteiger partial charge in [0.15, 0.2) is 8.32 Å². The molecule has 4 N–H and O–H groups in total. The number of hydrogen-bond donors (Lipinski definition) is 3. The molecule has 7 heteroatoms. The standard InChI is InChI=1S/C22H34N2O3Si2/c1-17-15-20(23)22(26-2)16-21(17)24-19-10-8-18(9-11-19)7-5-13-28-27-29(3,4)14-6-12-25/h8-11,15-16,24-25H,5-7,12-14,23H2,1-4H3. The van der Waals surface area contributed by atoms with Gasteiger partial charge in [-0.15, -0.1) is 0 Å². The molecule has 0 bridgehead atoms. The van der Waals surface area contributed by atoms with Crippen LogP contribution in [0.4, 0.5) is 17.1 Å². The lowest BCUT2D eigenvalue weighted by molar-refractivity contribution is 0.293. The van der Waals surface area contributed by atoms with Crippen LogP contribution in [0.2, 0.25) is 25.2 Å². The summed E-state index contributed by atoms with van der Waals surface area (Å²) >= 11 is 0. The molecule has 0 amide bonds. The van der Waals surface area contributed by atoms with Crippen LogP contribution in [0.25, 0.3) is 0 Å². The first-order chi connectivity index (χ1) is 13.8. The molecule has 29 heavy (non-hydrogen) atoms. The molecule has 0 atom stereocenters. The molecule has 2 aromatic rings. The average molecular weight is 431 g/mol. The van der Waals surface area contributed by atoms with Crippen LogP contribution < -0.4 is 15.8 Å². The smallest absolute Gasteiger partial charge is 0.215 e. The minimum absolute atomic E-state index is 0.263. The normalized spacial score (nSPS) is 11.5. The van der Waals surface area contributed by atoms with Crippen molar-refractivity contribution in [1.29, 1.82) is 0 Å². The van der Waals surface area contributed by atoms with Gasteiger partial charge in [0.05, 0.1) is 12.8 Å². The summed E-state index contributed by atoms with van der Waals surface area (Å²) in [6.07, 6.45) is 3.04. The van der Waals surface area contributed by atoms with E-state index in [2.05, 4.69) is 42.7 Å². The number of methoxy groups -OCH3 is 1. The molecule has 2 rings (SSSR count). The van der Waals surface area contributed by atoms with E-state index in [1.54, 1.807) is 7.11 Å². The highest BCUT2D eigenvalue weighted by atomic mass is 28.4. The van der Waals surface area contributed by atoms with Crippen molar-refractivity contribution >= 4 is 35.1 Å². The Bertz CT molecular complexity index is 767. The lowest BCUT2D eigenvalue weighted by Crippen LogP contribution is -2.32. The highest BCUT2D eigenvalue weighted by Crippen LogP contribution is 2.30. The largest absolute Gasteiger partial charge is 0.495 e. The molecule has 2 aromatic carbocycles. The molecule has 0 fully saturated rings. The Morgan fingerprint density at radius 1 is 1.14 bits per heavy atom. The first-order valence-corrected chi connectivity index (χ1v) is 14.4. The summed E-state index contributed by atoms with van der Waals surface area (Å²) in [6.45, 7) is 6.77. The predicted octanol–water partition coefficient (Wildman–Crippen LogP) is 4.90. The van der Waals surface area contributed by atoms with Crippen molar-refractivity contribution in [2.45, 2.75) is 51.4 Å². The second kappa shape index (κ2) is 11.4. The van der Waals surface area contributed by atoms with Crippen molar-refractivity contribution in [3.8, 4) is 5.75 Å². The van der Waals surface area contributed by atoms with Crippen LogP contribution in [-0.2, 0) is 10.5 Å². The van der Waals surface area contributed by atoms with Crippen LogP contribution in [0.1, 0.15) is 24.0 Å². The van der Waals surface area contributed by atoms with Gasteiger partial charge in [-0.05, 0) is 80.7 Å². The summed E-state index contributed by atoms with van der Waals surface area (Å²) in [5.41, 5.74) is 11.1. The van der Waals surface area contributed by atoms with Gasteiger partial charge in [0.2, 0.25) is 9.76 Å². The summed E-state index contributed by atoms with van der Waals surface area (Å²) in [6, 6.07) is 14.6. The monoisotopic (exact) mass is 430 g/mol. The Morgan fingerprint density at radius 3 is 2.52 bits per heavy atom. The molecule has 0 unspecified atom stereocenters. The Hall–Kier alpha value is -1.81. The summed E-state index contributed by atoms with van der Waals surface area (Å²) in [7, 11) is 0.609. The minimum Gasteiger partial charge on any atom is -0.495 e. The third-order valence-electron chi connectivity index (χ3n) is 4.84. The molecule has 5 nitrogen and oxygen atoms in total. The van der Waals surface area contributed by atoms with Gasteiger partial charge in [-0.2, -0.15) is 0 Å². The van der Waals surface area contributed by atoms with Crippen LogP contribution in [-0.4, -0.2) is 36.9 Å². The van der Waals surface area contributed by atoms with Crippen LogP contribution >= 0.6 is 0 Å². The SMILES string of the molecule is COc1cc(Nc2ccc(CCC[Si]O[Si](C)(C)CCCO)cc2)c(C)cc1N. The molecule has 0 heterocycles. The fourth-order valence-electron chi connectivity index (χ4n) is 3.10. The third kappa shape index (κ3) is 7.85. The molecule has 0 aliphatic heterocycles. The Morgan fingerprint density at radius 2 is 1.86 bits per heavy atom. The summed E-state index contributed by atoms with van der Waals surface area (Å²) in [4.78, 5) is 0. The van der Waals surface area contributed by atoms with Crippen LogP contribution in [0, 0.1) is 6.92 Å². The van der Waals surface area contributed by atoms with Gasteiger partial charge in [0.25, 0.3) is 0 Å². The summed E-state index contributed by atoms with van der Waals surface area (Å²) in [5, 5.41) is 12.4. The highest BCUT2D eigenvalue weighted by molar-refractivity contribution is 6.75. The molecular formula is C22H34N2O3Si2. The Labute approximate surface area is 178 Å². The summed E-state index contributed by atoms with van der Waals surface area (Å²) in [5.74, 6) is 0.681. The van der Waals surface area contributed by atoms with E-state index in [0.29, 0.717) is 21.2 Å². The van der Waals surface area contributed by atoms with Crippen LogP contribution in [0.3, 0.4) is 0 Å². The quantitative estimate of drug-likeness (QED) is 0.253. The van der Waals surface area contributed by atoms with E-state index in [0.717, 1.165) is 48.3 Å². The zero-order valence-corrected chi connectivity index (χ0v) is 20.0. The first-order valence-electron chi connectivity index (χ1n) is 10.2. The van der Waals surface area contributed by atoms with E-state index >= 15 is 0 Å². The van der Waals surface area contributed by atoms with Crippen molar-refractivity contribution < 1.29 is 14.0 Å². The number of nitrogens with two attached hydrogens (primary N) is 1. The first kappa shape index (κ1) is 23.5. The number of rotatable bonds is 12. The molecule has 0 aliphatic rings. The van der Waals surface area contributed by atoms with Gasteiger partial charge in [0, 0.05) is 24.0 Å². The van der Waals surface area contributed by atoms with E-state index in [-0.39, 0.29) is 6.61 Å². The van der Waals surface area contributed by atoms with E-state index in [1.807, 2.05) is 19.1 Å². The second-order valence-corrected chi connectivity index (χ2v) is 13.5. The van der Waals surface area contributed by atoms with Gasteiger partial charge in [0.1, 0.15) is 5.75 Å². The van der Waals surface area contributed by atoms with Crippen LogP contribution in [0.5, 0.6) is 5.75 Å². The maximum atomic E-state index is 8.97. The molecule has 0 spiro atoms. The van der Waals surface area contributed by atoms with E-state index in [4.69, 9.17) is 19.7 Å². The molecule has 158 valence electrons. The van der Waals surface area contributed by atoms with Gasteiger partial charge in [-0.3, -0.25) is 0 Å². The maximum absolute atomic E-state index is 8.97. The van der Waals surface area contributed by atoms with E-state index < -0.39 is 8.32 Å². The molecule has 2 radical (unpaired) electrons. The second-order valence-electron chi connectivity index (χ2n) is 7.92. The van der Waals surface area contributed by atoms with E-state index in [1.165, 1.54) is 5.56 Å². The Kier molecular flexibility index (Phi) is 9.22. The molecule has 0 aromatic heterocycles. The van der Waals surface area contributed by atoms with Crippen molar-refractivity contribution in [1.82, 2.24) is 0 Å². The third-order valence-corrected chi connectivity index (χ3v) is 9.74. The summed E-state index contributed by atoms with van der Waals surface area (Å²) < 4.78 is 11.4. The minimum atomic E-state index is -1.59. The van der Waals surface area contributed by atoms with Crippen molar-refractivity contribution in [3.05, 3.63) is 47.5 Å². The zero-order chi connectivity index (χ0) is 21.3. The molecule has 0 saturated carbocycles. The van der Waals surface area contributed by atoms with Crippen LogP contribution in [0.15, 0.2) is 36.4 Å². The van der Waals surface area contributed by atoms with Crippen molar-refractivity contribution in [2.24, 2.45) is 0 Å². The van der Waals surface area contributed by atoms with E-state index in [9.17, 15) is 0 Å². The number of aliphatic hydroxyl groups is 1. The van der Waals surface area contributed by atoms with Gasteiger partial charge in [-0.1, -0.05) is 12.1 Å². The van der Waals surface area contributed by atoms with Crippen molar-refractivity contribution in [3.63, 3.8) is 0 Å². The molecule has 0 saturated heterocycles. The van der Waals surface area contributed by atoms with Gasteiger partial charge >= 0.3 is 0 Å². The number of aliphatic hydroxyl groups excluding tert-OH is 1. The molecular weight excluding hydrogens is 396 g/mol. The van der Waals surface area contributed by atoms with Gasteiger partial charge in [-0.25, -0.2) is 0 Å². The number of nitrogens with one attached hydrogen (secondary N) is 1. The van der Waals surface area contributed by atoms with Gasteiger partial charge < -0.3 is 25.0 Å². The van der Waals surface area contributed by atoms with Crippen molar-refractivity contribution in [2.75, 3.05) is 24.8 Å². The number of anilines is 3. The topological polar surface area (TPSA) is 76.7 Å². The predicted molar refractivity (Wildman–Crippen MR) is 126 cm³/mol. The maximum Gasteiger partial charge on any atom is 0.215 e. The fourth-order valence-corrected chi connectivity index (χ4v) is 6.81. The number of nitrogen functional groups attached to an aromatic ring is 1. The fraction of sp³-hybridized carbons (Fsp3) is 0.455. The highest BCUT2D eigenvalue weighted by Gasteiger charge is 2.21. The molecule has 0 aliphatic carbocycles. The number of aryl methyl sites for hydroxylation is 2. The lowest BCUT2D eigenvalue weighted by Gasteiger charge is -2.22. The zero-order valence-electron chi connectivity index (χ0n) is 18.0.